The molecule has 0 bridgehead atoms. The van der Waals surface area contributed by atoms with Crippen molar-refractivity contribution in [2.75, 3.05) is 17.2 Å². The van der Waals surface area contributed by atoms with Crippen LogP contribution in [0.1, 0.15) is 25.3 Å². The number of aromatic nitrogens is 2. The fourth-order valence-electron chi connectivity index (χ4n) is 1.74. The Bertz CT molecular complexity index is 528. The zero-order chi connectivity index (χ0) is 14.2. The summed E-state index contributed by atoms with van der Waals surface area (Å²) < 4.78 is 12.8. The van der Waals surface area contributed by atoms with Gasteiger partial charge in [-0.05, 0) is 24.1 Å². The van der Waals surface area contributed by atoms with Crippen LogP contribution in [0.2, 0.25) is 0 Å². The lowest BCUT2D eigenvalue weighted by Crippen LogP contribution is -2.06. The first-order chi connectivity index (χ1) is 9.78. The van der Waals surface area contributed by atoms with Crippen LogP contribution >= 0.6 is 0 Å². The summed E-state index contributed by atoms with van der Waals surface area (Å²) in [5.74, 6) is 1.34. The molecule has 2 rings (SSSR count). The third-order valence-corrected chi connectivity index (χ3v) is 2.89. The van der Waals surface area contributed by atoms with E-state index in [2.05, 4.69) is 27.5 Å². The zero-order valence-electron chi connectivity index (χ0n) is 11.6. The van der Waals surface area contributed by atoms with E-state index in [0.29, 0.717) is 6.54 Å². The van der Waals surface area contributed by atoms with E-state index in [4.69, 9.17) is 0 Å². The average Bonchev–Trinajstić information content (AvgIpc) is 2.47. The molecule has 2 aromatic rings. The Balaban J connectivity index is 1.89. The summed E-state index contributed by atoms with van der Waals surface area (Å²) in [5.41, 5.74) is 1.01. The smallest absolute Gasteiger partial charge is 0.131 e. The van der Waals surface area contributed by atoms with Crippen LogP contribution in [0.25, 0.3) is 0 Å². The number of hydrogen-bond donors (Lipinski definition) is 2. The van der Waals surface area contributed by atoms with Crippen molar-refractivity contribution >= 4 is 11.6 Å². The third-order valence-electron chi connectivity index (χ3n) is 2.89. The highest BCUT2D eigenvalue weighted by Crippen LogP contribution is 2.11. The van der Waals surface area contributed by atoms with Gasteiger partial charge in [-0.15, -0.1) is 0 Å². The second-order valence-corrected chi connectivity index (χ2v) is 4.55. The SMILES string of the molecule is CCCCNc1cc(NCc2ccc(F)cc2)ncn1. The van der Waals surface area contributed by atoms with Crippen LogP contribution in [0.5, 0.6) is 0 Å². The maximum Gasteiger partial charge on any atom is 0.131 e. The number of nitrogens with zero attached hydrogens (tertiary/aromatic N) is 2. The highest BCUT2D eigenvalue weighted by atomic mass is 19.1. The molecule has 0 aliphatic heterocycles. The molecule has 0 atom stereocenters. The molecule has 106 valence electrons. The first-order valence-corrected chi connectivity index (χ1v) is 6.82. The Kier molecular flexibility index (Phi) is 5.29. The second kappa shape index (κ2) is 7.43. The molecule has 0 saturated heterocycles. The van der Waals surface area contributed by atoms with Crippen LogP contribution in [0.15, 0.2) is 36.7 Å². The van der Waals surface area contributed by atoms with E-state index in [9.17, 15) is 4.39 Å². The van der Waals surface area contributed by atoms with Crippen molar-refractivity contribution in [1.82, 2.24) is 9.97 Å². The molecule has 0 unspecified atom stereocenters. The van der Waals surface area contributed by atoms with Crippen molar-refractivity contribution in [2.45, 2.75) is 26.3 Å². The molecule has 2 N–H and O–H groups in total. The molecule has 0 spiro atoms. The van der Waals surface area contributed by atoms with E-state index >= 15 is 0 Å². The highest BCUT2D eigenvalue weighted by Gasteiger charge is 1.99. The number of unbranched alkanes of at least 4 members (excludes halogenated alkanes) is 1. The van der Waals surface area contributed by atoms with Gasteiger partial charge in [0.1, 0.15) is 23.8 Å². The maximum absolute atomic E-state index is 12.8. The summed E-state index contributed by atoms with van der Waals surface area (Å²) in [6.45, 7) is 3.66. The molecule has 20 heavy (non-hydrogen) atoms. The van der Waals surface area contributed by atoms with E-state index < -0.39 is 0 Å². The van der Waals surface area contributed by atoms with Gasteiger partial charge in [-0.25, -0.2) is 14.4 Å². The summed E-state index contributed by atoms with van der Waals surface area (Å²) in [5, 5.41) is 6.45. The summed E-state index contributed by atoms with van der Waals surface area (Å²) in [7, 11) is 0. The zero-order valence-corrected chi connectivity index (χ0v) is 11.6. The van der Waals surface area contributed by atoms with Gasteiger partial charge in [0.25, 0.3) is 0 Å². The van der Waals surface area contributed by atoms with Gasteiger partial charge < -0.3 is 10.6 Å². The standard InChI is InChI=1S/C15H19FN4/c1-2-3-8-17-14-9-15(20-11-19-14)18-10-12-4-6-13(16)7-5-12/h4-7,9,11H,2-3,8,10H2,1H3,(H2,17,18,19,20). The van der Waals surface area contributed by atoms with Gasteiger partial charge in [0.15, 0.2) is 0 Å². The largest absolute Gasteiger partial charge is 0.370 e. The molecule has 0 aliphatic carbocycles. The quantitative estimate of drug-likeness (QED) is 0.759. The molecular weight excluding hydrogens is 255 g/mol. The molecule has 1 heterocycles. The lowest BCUT2D eigenvalue weighted by atomic mass is 10.2. The first-order valence-electron chi connectivity index (χ1n) is 6.82. The first kappa shape index (κ1) is 14.2. The summed E-state index contributed by atoms with van der Waals surface area (Å²) >= 11 is 0. The molecule has 0 fully saturated rings. The molecule has 1 aromatic carbocycles. The van der Waals surface area contributed by atoms with E-state index in [1.54, 1.807) is 12.1 Å². The monoisotopic (exact) mass is 274 g/mol. The van der Waals surface area contributed by atoms with Gasteiger partial charge in [-0.3, -0.25) is 0 Å². The number of rotatable bonds is 7. The summed E-state index contributed by atoms with van der Waals surface area (Å²) in [6.07, 6.45) is 3.79. The van der Waals surface area contributed by atoms with Crippen LogP contribution in [0, 0.1) is 5.82 Å². The number of halogens is 1. The third kappa shape index (κ3) is 4.50. The molecule has 5 heteroatoms. The predicted molar refractivity (Wildman–Crippen MR) is 79.2 cm³/mol. The highest BCUT2D eigenvalue weighted by molar-refractivity contribution is 5.46. The summed E-state index contributed by atoms with van der Waals surface area (Å²) in [6, 6.07) is 8.29. The van der Waals surface area contributed by atoms with Crippen LogP contribution in [0.4, 0.5) is 16.0 Å². The van der Waals surface area contributed by atoms with Crippen LogP contribution in [-0.2, 0) is 6.54 Å². The fourth-order valence-corrected chi connectivity index (χ4v) is 1.74. The van der Waals surface area contributed by atoms with Crippen molar-refractivity contribution in [2.24, 2.45) is 0 Å². The number of anilines is 2. The molecule has 0 radical (unpaired) electrons. The Morgan fingerprint density at radius 1 is 1.05 bits per heavy atom. The van der Waals surface area contributed by atoms with E-state index in [1.807, 2.05) is 6.07 Å². The molecular formula is C15H19FN4. The Labute approximate surface area is 118 Å². The van der Waals surface area contributed by atoms with Crippen molar-refractivity contribution in [1.29, 1.82) is 0 Å². The Morgan fingerprint density at radius 3 is 2.45 bits per heavy atom. The van der Waals surface area contributed by atoms with Gasteiger partial charge in [-0.2, -0.15) is 0 Å². The Hall–Kier alpha value is -2.17. The van der Waals surface area contributed by atoms with Gasteiger partial charge >= 0.3 is 0 Å². The predicted octanol–water partition coefficient (Wildman–Crippen LogP) is 3.44. The van der Waals surface area contributed by atoms with Crippen molar-refractivity contribution < 1.29 is 4.39 Å². The van der Waals surface area contributed by atoms with Gasteiger partial charge in [0.2, 0.25) is 0 Å². The normalized spacial score (nSPS) is 10.3. The van der Waals surface area contributed by atoms with E-state index in [-0.39, 0.29) is 5.82 Å². The minimum absolute atomic E-state index is 0.224. The topological polar surface area (TPSA) is 49.8 Å². The van der Waals surface area contributed by atoms with Crippen molar-refractivity contribution in [3.8, 4) is 0 Å². The van der Waals surface area contributed by atoms with Crippen molar-refractivity contribution in [3.05, 3.63) is 48.0 Å². The molecule has 0 aliphatic rings. The summed E-state index contributed by atoms with van der Waals surface area (Å²) in [4.78, 5) is 8.33. The van der Waals surface area contributed by atoms with Gasteiger partial charge in [0, 0.05) is 19.2 Å². The number of nitrogens with one attached hydrogen (secondary N) is 2. The van der Waals surface area contributed by atoms with Gasteiger partial charge in [0.05, 0.1) is 0 Å². The number of hydrogen-bond acceptors (Lipinski definition) is 4. The maximum atomic E-state index is 12.8. The van der Waals surface area contributed by atoms with E-state index in [0.717, 1.165) is 36.6 Å². The molecule has 0 saturated carbocycles. The minimum Gasteiger partial charge on any atom is -0.370 e. The molecule has 4 nitrogen and oxygen atoms in total. The van der Waals surface area contributed by atoms with E-state index in [1.165, 1.54) is 18.5 Å². The second-order valence-electron chi connectivity index (χ2n) is 4.55. The minimum atomic E-state index is -0.224. The van der Waals surface area contributed by atoms with Crippen LogP contribution < -0.4 is 10.6 Å². The lowest BCUT2D eigenvalue weighted by Gasteiger charge is -2.08. The van der Waals surface area contributed by atoms with Gasteiger partial charge in [-0.1, -0.05) is 25.5 Å². The fraction of sp³-hybridized carbons (Fsp3) is 0.333. The van der Waals surface area contributed by atoms with Crippen LogP contribution in [0.3, 0.4) is 0 Å². The lowest BCUT2D eigenvalue weighted by molar-refractivity contribution is 0.627. The van der Waals surface area contributed by atoms with Crippen molar-refractivity contribution in [3.63, 3.8) is 0 Å². The number of benzene rings is 1. The molecule has 1 aromatic heterocycles. The average molecular weight is 274 g/mol. The molecule has 0 amide bonds. The Morgan fingerprint density at radius 2 is 1.75 bits per heavy atom. The van der Waals surface area contributed by atoms with Crippen LogP contribution in [-0.4, -0.2) is 16.5 Å².